The Bertz CT molecular complexity index is 120. The van der Waals surface area contributed by atoms with E-state index >= 15 is 0 Å². The normalized spacial score (nSPS) is 18.8. The van der Waals surface area contributed by atoms with Crippen molar-refractivity contribution in [1.82, 2.24) is 10.6 Å². The number of nitrogens with one attached hydrogen (secondary N) is 1. The fraction of sp³-hybridized carbons (Fsp3) is 0.833. The zero-order chi connectivity index (χ0) is 6.85. The van der Waals surface area contributed by atoms with Crippen molar-refractivity contribution in [3.63, 3.8) is 0 Å². The molecule has 1 rings (SSSR count). The molecule has 0 aliphatic heterocycles. The first-order valence-corrected chi connectivity index (χ1v) is 3.20. The Morgan fingerprint density at radius 2 is 2.22 bits per heavy atom. The molecule has 1 aliphatic carbocycles. The molecular formula is C6H11N2O. The van der Waals surface area contributed by atoms with Crippen molar-refractivity contribution in [2.75, 3.05) is 7.05 Å². The van der Waals surface area contributed by atoms with Gasteiger partial charge in [-0.3, -0.25) is 0 Å². The van der Waals surface area contributed by atoms with Crippen molar-refractivity contribution in [3.8, 4) is 0 Å². The first-order chi connectivity index (χ1) is 4.22. The lowest BCUT2D eigenvalue weighted by atomic mass is 9.92. The second-order valence-corrected chi connectivity index (χ2v) is 2.50. The summed E-state index contributed by atoms with van der Waals surface area (Å²) in [4.78, 5) is 11.9. The third-order valence-electron chi connectivity index (χ3n) is 1.94. The van der Waals surface area contributed by atoms with Crippen LogP contribution in [0.25, 0.3) is 0 Å². The van der Waals surface area contributed by atoms with Crippen LogP contribution in [0.2, 0.25) is 0 Å². The standard InChI is InChI=1S/C6H11N2O/c1-8(6(7)9)5-3-2-4-5/h5,7H,2-4H2,1H3. The second kappa shape index (κ2) is 2.25. The predicted molar refractivity (Wildman–Crippen MR) is 33.9 cm³/mol. The third kappa shape index (κ3) is 1.15. The van der Waals surface area contributed by atoms with E-state index in [-0.39, 0.29) is 0 Å². The average Bonchev–Trinajstić information content (AvgIpc) is 1.60. The lowest BCUT2D eigenvalue weighted by molar-refractivity contribution is 0.164. The topological polar surface area (TPSA) is 44.1 Å². The first-order valence-electron chi connectivity index (χ1n) is 3.20. The summed E-state index contributed by atoms with van der Waals surface area (Å²) < 4.78 is 0. The Kier molecular flexibility index (Phi) is 1.60. The first kappa shape index (κ1) is 6.39. The fourth-order valence-corrected chi connectivity index (χ4v) is 0.940. The van der Waals surface area contributed by atoms with Gasteiger partial charge in [0.15, 0.2) is 0 Å². The van der Waals surface area contributed by atoms with Gasteiger partial charge >= 0.3 is 6.03 Å². The van der Waals surface area contributed by atoms with Gasteiger partial charge in [-0.25, -0.2) is 10.5 Å². The van der Waals surface area contributed by atoms with E-state index in [0.29, 0.717) is 6.04 Å². The summed E-state index contributed by atoms with van der Waals surface area (Å²) in [5.41, 5.74) is 6.74. The fourth-order valence-electron chi connectivity index (χ4n) is 0.940. The quantitative estimate of drug-likeness (QED) is 0.515. The predicted octanol–water partition coefficient (Wildman–Crippen LogP) is 0.874. The molecule has 1 fully saturated rings. The molecule has 0 spiro atoms. The number of urea groups is 1. The summed E-state index contributed by atoms with van der Waals surface area (Å²) in [6.07, 6.45) is 3.38. The Morgan fingerprint density at radius 3 is 2.33 bits per heavy atom. The number of carbonyl (C=O) groups excluding carboxylic acids is 1. The van der Waals surface area contributed by atoms with Gasteiger partial charge in [-0.05, 0) is 19.3 Å². The Labute approximate surface area is 54.8 Å². The van der Waals surface area contributed by atoms with Crippen LogP contribution < -0.4 is 5.73 Å². The van der Waals surface area contributed by atoms with Crippen molar-refractivity contribution in [1.29, 1.82) is 0 Å². The zero-order valence-corrected chi connectivity index (χ0v) is 5.55. The summed E-state index contributed by atoms with van der Waals surface area (Å²) in [6.45, 7) is 0. The van der Waals surface area contributed by atoms with Crippen LogP contribution in [0, 0.1) is 0 Å². The van der Waals surface area contributed by atoms with Crippen molar-refractivity contribution in [2.24, 2.45) is 0 Å². The number of hydrogen-bond donors (Lipinski definition) is 0. The van der Waals surface area contributed by atoms with Gasteiger partial charge in [0.2, 0.25) is 0 Å². The van der Waals surface area contributed by atoms with Gasteiger partial charge in [-0.2, -0.15) is 0 Å². The number of nitrogens with zero attached hydrogens (tertiary/aromatic N) is 1. The molecule has 1 radical (unpaired) electrons. The van der Waals surface area contributed by atoms with Gasteiger partial charge in [0.1, 0.15) is 0 Å². The van der Waals surface area contributed by atoms with Gasteiger partial charge in [-0.15, -0.1) is 0 Å². The van der Waals surface area contributed by atoms with E-state index in [1.165, 1.54) is 11.3 Å². The van der Waals surface area contributed by atoms with Crippen LogP contribution in [0.3, 0.4) is 0 Å². The van der Waals surface area contributed by atoms with Crippen molar-refractivity contribution in [2.45, 2.75) is 25.3 Å². The summed E-state index contributed by atoms with van der Waals surface area (Å²) >= 11 is 0. The molecule has 51 valence electrons. The number of rotatable bonds is 1. The van der Waals surface area contributed by atoms with Gasteiger partial charge in [-0.1, -0.05) is 0 Å². The summed E-state index contributed by atoms with van der Waals surface area (Å²) in [5.74, 6) is 0. The van der Waals surface area contributed by atoms with Crippen LogP contribution in [0.15, 0.2) is 0 Å². The maximum atomic E-state index is 10.4. The molecule has 0 bridgehead atoms. The van der Waals surface area contributed by atoms with E-state index in [4.69, 9.17) is 5.73 Å². The highest BCUT2D eigenvalue weighted by Gasteiger charge is 2.23. The molecule has 0 aromatic heterocycles. The van der Waals surface area contributed by atoms with E-state index in [0.717, 1.165) is 12.8 Å². The third-order valence-corrected chi connectivity index (χ3v) is 1.94. The van der Waals surface area contributed by atoms with E-state index in [9.17, 15) is 4.79 Å². The van der Waals surface area contributed by atoms with Crippen LogP contribution in [0.4, 0.5) is 4.79 Å². The van der Waals surface area contributed by atoms with Crippen LogP contribution in [0.1, 0.15) is 19.3 Å². The average molecular weight is 127 g/mol. The Hall–Kier alpha value is -0.730. The molecule has 1 saturated carbocycles. The van der Waals surface area contributed by atoms with Crippen molar-refractivity contribution < 1.29 is 4.79 Å². The largest absolute Gasteiger partial charge is 0.336 e. The van der Waals surface area contributed by atoms with E-state index in [2.05, 4.69) is 0 Å². The van der Waals surface area contributed by atoms with Crippen molar-refractivity contribution in [3.05, 3.63) is 0 Å². The zero-order valence-electron chi connectivity index (χ0n) is 5.55. The van der Waals surface area contributed by atoms with E-state index in [1.54, 1.807) is 7.05 Å². The van der Waals surface area contributed by atoms with E-state index in [1.807, 2.05) is 0 Å². The smallest absolute Gasteiger partial charge is 0.323 e. The lowest BCUT2D eigenvalue weighted by Crippen LogP contribution is -2.40. The molecule has 0 heterocycles. The molecule has 0 saturated heterocycles. The molecular weight excluding hydrogens is 116 g/mol. The number of hydrogen-bond acceptors (Lipinski definition) is 1. The number of carbonyl (C=O) groups is 1. The summed E-state index contributed by atoms with van der Waals surface area (Å²) in [7, 11) is 1.69. The van der Waals surface area contributed by atoms with Gasteiger partial charge < -0.3 is 4.90 Å². The molecule has 2 amide bonds. The van der Waals surface area contributed by atoms with Gasteiger partial charge in [0, 0.05) is 13.1 Å². The summed E-state index contributed by atoms with van der Waals surface area (Å²) in [6, 6.07) is -0.185. The minimum atomic E-state index is -0.556. The highest BCUT2D eigenvalue weighted by atomic mass is 16.2. The van der Waals surface area contributed by atoms with Crippen LogP contribution in [-0.2, 0) is 0 Å². The molecule has 3 nitrogen and oxygen atoms in total. The summed E-state index contributed by atoms with van der Waals surface area (Å²) in [5, 5.41) is 0. The lowest BCUT2D eigenvalue weighted by Gasteiger charge is -2.32. The van der Waals surface area contributed by atoms with Crippen LogP contribution in [-0.4, -0.2) is 24.0 Å². The maximum Gasteiger partial charge on any atom is 0.336 e. The molecule has 0 unspecified atom stereocenters. The van der Waals surface area contributed by atoms with E-state index < -0.39 is 6.03 Å². The van der Waals surface area contributed by atoms with Crippen molar-refractivity contribution >= 4 is 6.03 Å². The Morgan fingerprint density at radius 1 is 1.67 bits per heavy atom. The highest BCUT2D eigenvalue weighted by Crippen LogP contribution is 2.22. The van der Waals surface area contributed by atoms with Gasteiger partial charge in [0.25, 0.3) is 0 Å². The number of amides is 2. The SMILES string of the molecule is CN(C([NH])=O)C1CCC1. The van der Waals surface area contributed by atoms with Crippen LogP contribution >= 0.6 is 0 Å². The second-order valence-electron chi connectivity index (χ2n) is 2.50. The Balaban J connectivity index is 2.32. The molecule has 3 heteroatoms. The molecule has 0 aromatic carbocycles. The van der Waals surface area contributed by atoms with Gasteiger partial charge in [0.05, 0.1) is 0 Å². The minimum absolute atomic E-state index is 0.370. The molecule has 1 aliphatic rings. The molecule has 0 aromatic rings. The highest BCUT2D eigenvalue weighted by molar-refractivity contribution is 5.71. The molecule has 1 N–H and O–H groups in total. The molecule has 0 atom stereocenters. The maximum absolute atomic E-state index is 10.4. The minimum Gasteiger partial charge on any atom is -0.323 e. The van der Waals surface area contributed by atoms with Crippen LogP contribution in [0.5, 0.6) is 0 Å². The monoisotopic (exact) mass is 127 g/mol. The molecule has 9 heavy (non-hydrogen) atoms.